The zero-order valence-corrected chi connectivity index (χ0v) is 14.7. The van der Waals surface area contributed by atoms with Crippen LogP contribution in [0, 0.1) is 20.8 Å². The summed E-state index contributed by atoms with van der Waals surface area (Å²) < 4.78 is 0. The maximum atomic E-state index is 12.3. The van der Waals surface area contributed by atoms with Crippen LogP contribution in [-0.4, -0.2) is 23.3 Å². The molecule has 1 N–H and O–H groups in total. The van der Waals surface area contributed by atoms with Gasteiger partial charge in [0.1, 0.15) is 6.54 Å². The Morgan fingerprint density at radius 1 is 0.958 bits per heavy atom. The first-order chi connectivity index (χ1) is 11.3. The molecule has 0 aliphatic rings. The minimum atomic E-state index is -0.194. The molecule has 0 saturated heterocycles. The van der Waals surface area contributed by atoms with Gasteiger partial charge in [-0.1, -0.05) is 35.9 Å². The van der Waals surface area contributed by atoms with Gasteiger partial charge >= 0.3 is 0 Å². The summed E-state index contributed by atoms with van der Waals surface area (Å²) in [5, 5.41) is 2.86. The number of hydrogen-bond acceptors (Lipinski definition) is 2. The minimum absolute atomic E-state index is 0.0378. The molecular weight excluding hydrogens is 300 g/mol. The summed E-state index contributed by atoms with van der Waals surface area (Å²) in [6.07, 6.45) is 0. The van der Waals surface area contributed by atoms with Crippen LogP contribution in [0.4, 0.5) is 5.69 Å². The lowest BCUT2D eigenvalue weighted by molar-refractivity contribution is -0.133. The van der Waals surface area contributed by atoms with Gasteiger partial charge < -0.3 is 10.2 Å². The van der Waals surface area contributed by atoms with Crippen LogP contribution in [0.2, 0.25) is 0 Å². The van der Waals surface area contributed by atoms with Crippen LogP contribution in [0.3, 0.4) is 0 Å². The van der Waals surface area contributed by atoms with Crippen LogP contribution in [-0.2, 0) is 16.1 Å². The maximum Gasteiger partial charge on any atom is 0.244 e. The predicted octanol–water partition coefficient (Wildman–Crippen LogP) is 3.60. The lowest BCUT2D eigenvalue weighted by atomic mass is 10.1. The fourth-order valence-electron chi connectivity index (χ4n) is 2.39. The molecule has 0 aliphatic heterocycles. The fraction of sp³-hybridized carbons (Fsp3) is 0.300. The smallest absolute Gasteiger partial charge is 0.244 e. The molecule has 126 valence electrons. The number of carbonyl (C=O) groups excluding carboxylic acids is 2. The molecule has 2 rings (SSSR count). The normalized spacial score (nSPS) is 10.3. The molecule has 0 aromatic heterocycles. The van der Waals surface area contributed by atoms with E-state index in [9.17, 15) is 9.59 Å². The summed E-state index contributed by atoms with van der Waals surface area (Å²) in [7, 11) is 0. The van der Waals surface area contributed by atoms with Gasteiger partial charge in [0, 0.05) is 19.2 Å². The third kappa shape index (κ3) is 4.95. The monoisotopic (exact) mass is 324 g/mol. The van der Waals surface area contributed by atoms with E-state index in [0.717, 1.165) is 16.8 Å². The Bertz CT molecular complexity index is 736. The van der Waals surface area contributed by atoms with Crippen molar-refractivity contribution in [2.75, 3.05) is 11.9 Å². The number of benzene rings is 2. The Morgan fingerprint density at radius 2 is 1.62 bits per heavy atom. The number of anilines is 1. The number of hydrogen-bond donors (Lipinski definition) is 1. The van der Waals surface area contributed by atoms with Gasteiger partial charge in [-0.25, -0.2) is 0 Å². The number of nitrogens with zero attached hydrogens (tertiary/aromatic N) is 1. The van der Waals surface area contributed by atoms with E-state index in [1.807, 2.05) is 63.2 Å². The van der Waals surface area contributed by atoms with Crippen LogP contribution >= 0.6 is 0 Å². The standard InChI is InChI=1S/C20H24N2O2/c1-14-5-8-18(9-6-14)12-22(17(4)23)13-20(24)21-19-10-7-15(2)16(3)11-19/h5-11H,12-13H2,1-4H3,(H,21,24). The topological polar surface area (TPSA) is 49.4 Å². The first-order valence-electron chi connectivity index (χ1n) is 8.03. The first kappa shape index (κ1) is 17.7. The quantitative estimate of drug-likeness (QED) is 0.913. The average Bonchev–Trinajstić information content (AvgIpc) is 2.52. The van der Waals surface area contributed by atoms with E-state index in [-0.39, 0.29) is 18.4 Å². The zero-order chi connectivity index (χ0) is 17.7. The lowest BCUT2D eigenvalue weighted by Crippen LogP contribution is -2.36. The number of nitrogens with one attached hydrogen (secondary N) is 1. The molecule has 0 atom stereocenters. The van der Waals surface area contributed by atoms with Gasteiger partial charge in [0.15, 0.2) is 0 Å². The van der Waals surface area contributed by atoms with Gasteiger partial charge in [0.25, 0.3) is 0 Å². The minimum Gasteiger partial charge on any atom is -0.329 e. The van der Waals surface area contributed by atoms with E-state index in [2.05, 4.69) is 5.32 Å². The molecule has 4 heteroatoms. The van der Waals surface area contributed by atoms with Crippen molar-refractivity contribution in [2.45, 2.75) is 34.2 Å². The van der Waals surface area contributed by atoms with Crippen molar-refractivity contribution in [3.63, 3.8) is 0 Å². The van der Waals surface area contributed by atoms with E-state index in [4.69, 9.17) is 0 Å². The van der Waals surface area contributed by atoms with E-state index in [1.165, 1.54) is 18.1 Å². The van der Waals surface area contributed by atoms with Crippen LogP contribution in [0.15, 0.2) is 42.5 Å². The van der Waals surface area contributed by atoms with Crippen molar-refractivity contribution in [1.29, 1.82) is 0 Å². The van der Waals surface area contributed by atoms with Crippen molar-refractivity contribution in [2.24, 2.45) is 0 Å². The Hall–Kier alpha value is -2.62. The third-order valence-corrected chi connectivity index (χ3v) is 4.06. The molecule has 0 radical (unpaired) electrons. The zero-order valence-electron chi connectivity index (χ0n) is 14.7. The van der Waals surface area contributed by atoms with Gasteiger partial charge in [0.05, 0.1) is 0 Å². The van der Waals surface area contributed by atoms with Crippen molar-refractivity contribution >= 4 is 17.5 Å². The maximum absolute atomic E-state index is 12.3. The van der Waals surface area contributed by atoms with Gasteiger partial charge in [0.2, 0.25) is 11.8 Å². The molecule has 0 saturated carbocycles. The molecule has 24 heavy (non-hydrogen) atoms. The molecule has 0 spiro atoms. The highest BCUT2D eigenvalue weighted by Crippen LogP contribution is 2.14. The van der Waals surface area contributed by atoms with E-state index in [0.29, 0.717) is 6.54 Å². The molecule has 0 aliphatic carbocycles. The Balaban J connectivity index is 2.01. The van der Waals surface area contributed by atoms with Crippen molar-refractivity contribution in [3.8, 4) is 0 Å². The molecule has 0 bridgehead atoms. The molecule has 0 unspecified atom stereocenters. The third-order valence-electron chi connectivity index (χ3n) is 4.06. The first-order valence-corrected chi connectivity index (χ1v) is 8.03. The van der Waals surface area contributed by atoms with E-state index >= 15 is 0 Å². The van der Waals surface area contributed by atoms with Crippen molar-refractivity contribution in [3.05, 3.63) is 64.7 Å². The molecule has 2 amide bonds. The molecule has 0 heterocycles. The summed E-state index contributed by atoms with van der Waals surface area (Å²) in [4.78, 5) is 25.7. The molecular formula is C20H24N2O2. The Labute approximate surface area is 143 Å². The number of rotatable bonds is 5. The molecule has 0 fully saturated rings. The average molecular weight is 324 g/mol. The SMILES string of the molecule is CC(=O)N(CC(=O)Nc1ccc(C)c(C)c1)Cc1ccc(C)cc1. The highest BCUT2D eigenvalue weighted by atomic mass is 16.2. The largest absolute Gasteiger partial charge is 0.329 e. The second kappa shape index (κ2) is 7.77. The second-order valence-electron chi connectivity index (χ2n) is 6.21. The Morgan fingerprint density at radius 3 is 2.21 bits per heavy atom. The van der Waals surface area contributed by atoms with Crippen LogP contribution in [0.25, 0.3) is 0 Å². The fourth-order valence-corrected chi connectivity index (χ4v) is 2.39. The van der Waals surface area contributed by atoms with Crippen molar-refractivity contribution in [1.82, 2.24) is 4.90 Å². The highest BCUT2D eigenvalue weighted by Gasteiger charge is 2.14. The molecule has 2 aromatic carbocycles. The molecule has 2 aromatic rings. The van der Waals surface area contributed by atoms with E-state index in [1.54, 1.807) is 4.90 Å². The van der Waals surface area contributed by atoms with E-state index < -0.39 is 0 Å². The number of carbonyl (C=O) groups is 2. The van der Waals surface area contributed by atoms with Gasteiger partial charge in [-0.2, -0.15) is 0 Å². The summed E-state index contributed by atoms with van der Waals surface area (Å²) in [5.74, 6) is -0.314. The summed E-state index contributed by atoms with van der Waals surface area (Å²) in [6, 6.07) is 13.7. The van der Waals surface area contributed by atoms with Gasteiger partial charge in [-0.3, -0.25) is 9.59 Å². The van der Waals surface area contributed by atoms with Crippen LogP contribution in [0.5, 0.6) is 0 Å². The van der Waals surface area contributed by atoms with Crippen LogP contribution < -0.4 is 5.32 Å². The second-order valence-corrected chi connectivity index (χ2v) is 6.21. The molecule has 4 nitrogen and oxygen atoms in total. The highest BCUT2D eigenvalue weighted by molar-refractivity contribution is 5.94. The summed E-state index contributed by atoms with van der Waals surface area (Å²) in [5.41, 5.74) is 5.23. The summed E-state index contributed by atoms with van der Waals surface area (Å²) in [6.45, 7) is 8.00. The van der Waals surface area contributed by atoms with Crippen LogP contribution in [0.1, 0.15) is 29.2 Å². The number of aryl methyl sites for hydroxylation is 3. The van der Waals surface area contributed by atoms with Gasteiger partial charge in [-0.15, -0.1) is 0 Å². The predicted molar refractivity (Wildman–Crippen MR) is 96.8 cm³/mol. The number of amides is 2. The Kier molecular flexibility index (Phi) is 5.74. The van der Waals surface area contributed by atoms with Crippen molar-refractivity contribution < 1.29 is 9.59 Å². The summed E-state index contributed by atoms with van der Waals surface area (Å²) >= 11 is 0. The lowest BCUT2D eigenvalue weighted by Gasteiger charge is -2.21. The van der Waals surface area contributed by atoms with Gasteiger partial charge in [-0.05, 0) is 49.6 Å².